The number of benzene rings is 1. The summed E-state index contributed by atoms with van der Waals surface area (Å²) in [6.07, 6.45) is 0.380. The number of pyridine rings is 2. The summed E-state index contributed by atoms with van der Waals surface area (Å²) in [5, 5.41) is 2.69. The summed E-state index contributed by atoms with van der Waals surface area (Å²) in [5.41, 5.74) is 7.36. The van der Waals surface area contributed by atoms with Crippen LogP contribution in [0.2, 0.25) is 0 Å². The first-order chi connectivity index (χ1) is 18.1. The van der Waals surface area contributed by atoms with Crippen molar-refractivity contribution >= 4 is 17.5 Å². The van der Waals surface area contributed by atoms with Crippen LogP contribution < -0.4 is 25.3 Å². The summed E-state index contributed by atoms with van der Waals surface area (Å²) in [6.45, 7) is 0. The van der Waals surface area contributed by atoms with E-state index < -0.39 is 23.9 Å². The third-order valence-electron chi connectivity index (χ3n) is 6.10. The highest BCUT2D eigenvalue weighted by molar-refractivity contribution is 6.05. The van der Waals surface area contributed by atoms with Crippen molar-refractivity contribution in [2.75, 3.05) is 12.4 Å². The van der Waals surface area contributed by atoms with Crippen LogP contribution >= 0.6 is 0 Å². The number of halogens is 3. The van der Waals surface area contributed by atoms with Crippen LogP contribution in [0.25, 0.3) is 0 Å². The van der Waals surface area contributed by atoms with Gasteiger partial charge in [-0.25, -0.2) is 4.98 Å². The van der Waals surface area contributed by atoms with E-state index >= 15 is 0 Å². The van der Waals surface area contributed by atoms with Gasteiger partial charge in [-0.1, -0.05) is 0 Å². The Morgan fingerprint density at radius 3 is 2.37 bits per heavy atom. The summed E-state index contributed by atoms with van der Waals surface area (Å²) in [4.78, 5) is 33.5. The second-order valence-electron chi connectivity index (χ2n) is 9.07. The third-order valence-corrected chi connectivity index (χ3v) is 6.10. The van der Waals surface area contributed by atoms with E-state index in [0.29, 0.717) is 5.92 Å². The number of aromatic nitrogens is 2. The number of alkyl halides is 3. The fraction of sp³-hybridized carbons (Fsp3) is 0.308. The lowest BCUT2D eigenvalue weighted by atomic mass is 10.0. The van der Waals surface area contributed by atoms with Crippen LogP contribution in [-0.2, 0) is 0 Å². The third kappa shape index (κ3) is 5.79. The molecule has 2 aliphatic carbocycles. The Labute approximate surface area is 215 Å². The number of carbonyl (C=O) groups is 2. The molecule has 0 unspecified atom stereocenters. The molecule has 3 aromatic rings. The van der Waals surface area contributed by atoms with E-state index in [1.807, 2.05) is 0 Å². The van der Waals surface area contributed by atoms with E-state index in [1.54, 1.807) is 6.07 Å². The van der Waals surface area contributed by atoms with E-state index in [2.05, 4.69) is 15.0 Å². The lowest BCUT2D eigenvalue weighted by Gasteiger charge is -2.18. The summed E-state index contributed by atoms with van der Waals surface area (Å²) in [5.74, 6) is -1.14. The maximum absolute atomic E-state index is 13.4. The molecule has 2 amide bonds. The summed E-state index contributed by atoms with van der Waals surface area (Å²) >= 11 is 0. The highest BCUT2D eigenvalue weighted by atomic mass is 19.4. The average Bonchev–Trinajstić information content (AvgIpc) is 3.77. The number of methoxy groups -OCH3 is 1. The first-order valence-corrected chi connectivity index (χ1v) is 11.8. The molecular formula is C26H23F3N4O5. The molecule has 3 N–H and O–H groups in total. The van der Waals surface area contributed by atoms with Crippen molar-refractivity contribution in [1.82, 2.24) is 9.97 Å². The minimum Gasteiger partial charge on any atom is -0.493 e. The zero-order chi connectivity index (χ0) is 27.0. The summed E-state index contributed by atoms with van der Waals surface area (Å²) in [7, 11) is 1.27. The molecule has 2 fully saturated rings. The summed E-state index contributed by atoms with van der Waals surface area (Å²) < 4.78 is 53.2. The highest BCUT2D eigenvalue weighted by Crippen LogP contribution is 2.50. The molecule has 2 aromatic heterocycles. The number of rotatable bonds is 9. The zero-order valence-electron chi connectivity index (χ0n) is 20.2. The van der Waals surface area contributed by atoms with Gasteiger partial charge in [0, 0.05) is 29.6 Å². The molecular weight excluding hydrogens is 505 g/mol. The number of hydrogen-bond donors (Lipinski definition) is 2. The lowest BCUT2D eigenvalue weighted by molar-refractivity contribution is -0.274. The van der Waals surface area contributed by atoms with Crippen LogP contribution in [0.4, 0.5) is 18.9 Å². The zero-order valence-corrected chi connectivity index (χ0v) is 20.2. The number of primary amides is 1. The minimum atomic E-state index is -4.87. The van der Waals surface area contributed by atoms with Gasteiger partial charge in [-0.15, -0.1) is 13.2 Å². The van der Waals surface area contributed by atoms with E-state index in [4.69, 9.17) is 20.2 Å². The van der Waals surface area contributed by atoms with Gasteiger partial charge in [-0.3, -0.25) is 14.6 Å². The maximum Gasteiger partial charge on any atom is 0.573 e. The van der Waals surface area contributed by atoms with Gasteiger partial charge in [0.05, 0.1) is 7.11 Å². The molecule has 0 spiro atoms. The fourth-order valence-corrected chi connectivity index (χ4v) is 4.05. The predicted molar refractivity (Wildman–Crippen MR) is 129 cm³/mol. The molecule has 1 aromatic carbocycles. The van der Waals surface area contributed by atoms with E-state index in [-0.39, 0.29) is 40.2 Å². The van der Waals surface area contributed by atoms with Crippen molar-refractivity contribution in [2.24, 2.45) is 5.73 Å². The fourth-order valence-electron chi connectivity index (χ4n) is 4.05. The molecule has 2 heterocycles. The number of hydrogen-bond acceptors (Lipinski definition) is 7. The SMILES string of the molecule is COc1cc(OC(F)(F)F)ccc1Oc1cc(C2CC2)c(C2CC2)nc1C(=O)Nc1ccnc(C(N)=O)c1. The Kier molecular flexibility index (Phi) is 6.55. The molecule has 0 radical (unpaired) electrons. The number of ether oxygens (including phenoxy) is 3. The second-order valence-corrected chi connectivity index (χ2v) is 9.07. The maximum atomic E-state index is 13.4. The molecule has 5 rings (SSSR count). The predicted octanol–water partition coefficient (Wildman–Crippen LogP) is 5.28. The Hall–Kier alpha value is -4.35. The average molecular weight is 528 g/mol. The van der Waals surface area contributed by atoms with Crippen molar-refractivity contribution in [3.63, 3.8) is 0 Å². The van der Waals surface area contributed by atoms with E-state index in [0.717, 1.165) is 49.1 Å². The van der Waals surface area contributed by atoms with Crippen LogP contribution in [0.15, 0.2) is 42.6 Å². The molecule has 198 valence electrons. The summed E-state index contributed by atoms with van der Waals surface area (Å²) in [6, 6.07) is 7.99. The Balaban J connectivity index is 1.52. The van der Waals surface area contributed by atoms with E-state index in [1.165, 1.54) is 31.5 Å². The van der Waals surface area contributed by atoms with Gasteiger partial charge in [0.2, 0.25) is 0 Å². The standard InChI is InChI=1S/C26H23F3N4O5/c1-36-20-11-16(38-26(27,28)29)6-7-19(20)37-21-12-17(13-2-3-13)22(14-4-5-14)33-23(21)25(35)32-15-8-9-31-18(10-15)24(30)34/h6-14H,2-5H2,1H3,(H2,30,34)(H,31,32,35). The normalized spacial score (nSPS) is 15.1. The number of amides is 2. The quantitative estimate of drug-likeness (QED) is 0.387. The molecule has 0 saturated heterocycles. The molecule has 0 aliphatic heterocycles. The van der Waals surface area contributed by atoms with Gasteiger partial charge in [0.1, 0.15) is 11.4 Å². The Morgan fingerprint density at radius 2 is 1.74 bits per heavy atom. The van der Waals surface area contributed by atoms with Crippen molar-refractivity contribution in [3.8, 4) is 23.0 Å². The second kappa shape index (κ2) is 9.84. The van der Waals surface area contributed by atoms with Gasteiger partial charge in [-0.05, 0) is 67.5 Å². The molecule has 2 saturated carbocycles. The van der Waals surface area contributed by atoms with Crippen LogP contribution in [0.1, 0.15) is 69.8 Å². The molecule has 2 aliphatic rings. The molecule has 0 bridgehead atoms. The Bertz CT molecular complexity index is 1400. The van der Waals surface area contributed by atoms with Crippen LogP contribution in [0.5, 0.6) is 23.0 Å². The first kappa shape index (κ1) is 25.3. The van der Waals surface area contributed by atoms with Gasteiger partial charge >= 0.3 is 6.36 Å². The Morgan fingerprint density at radius 1 is 1.00 bits per heavy atom. The van der Waals surface area contributed by atoms with Crippen molar-refractivity contribution in [3.05, 3.63) is 65.2 Å². The monoisotopic (exact) mass is 528 g/mol. The largest absolute Gasteiger partial charge is 0.573 e. The number of nitrogens with one attached hydrogen (secondary N) is 1. The van der Waals surface area contributed by atoms with Gasteiger partial charge in [0.15, 0.2) is 22.9 Å². The molecule has 12 heteroatoms. The van der Waals surface area contributed by atoms with Crippen LogP contribution in [0, 0.1) is 0 Å². The number of nitrogens with zero attached hydrogens (tertiary/aromatic N) is 2. The van der Waals surface area contributed by atoms with Gasteiger partial charge in [-0.2, -0.15) is 0 Å². The smallest absolute Gasteiger partial charge is 0.493 e. The lowest BCUT2D eigenvalue weighted by Crippen LogP contribution is -2.18. The van der Waals surface area contributed by atoms with Crippen molar-refractivity contribution < 1.29 is 37.0 Å². The highest BCUT2D eigenvalue weighted by Gasteiger charge is 2.36. The van der Waals surface area contributed by atoms with Crippen LogP contribution in [-0.4, -0.2) is 35.3 Å². The molecule has 9 nitrogen and oxygen atoms in total. The topological polar surface area (TPSA) is 126 Å². The minimum absolute atomic E-state index is 0.0218. The number of carbonyl (C=O) groups excluding carboxylic acids is 2. The molecule has 38 heavy (non-hydrogen) atoms. The van der Waals surface area contributed by atoms with Crippen molar-refractivity contribution in [2.45, 2.75) is 43.9 Å². The van der Waals surface area contributed by atoms with Gasteiger partial charge in [0.25, 0.3) is 11.8 Å². The van der Waals surface area contributed by atoms with Crippen LogP contribution in [0.3, 0.4) is 0 Å². The number of anilines is 1. The number of nitrogens with two attached hydrogens (primary N) is 1. The first-order valence-electron chi connectivity index (χ1n) is 11.8. The van der Waals surface area contributed by atoms with Crippen molar-refractivity contribution in [1.29, 1.82) is 0 Å². The molecule has 0 atom stereocenters. The van der Waals surface area contributed by atoms with E-state index in [9.17, 15) is 22.8 Å². The van der Waals surface area contributed by atoms with Gasteiger partial charge < -0.3 is 25.3 Å².